The van der Waals surface area contributed by atoms with Crippen LogP contribution in [0.3, 0.4) is 0 Å². The van der Waals surface area contributed by atoms with E-state index in [1.807, 2.05) is 12.1 Å². The van der Waals surface area contributed by atoms with E-state index < -0.39 is 0 Å². The molecule has 0 radical (unpaired) electrons. The summed E-state index contributed by atoms with van der Waals surface area (Å²) in [6, 6.07) is 18.8. The van der Waals surface area contributed by atoms with E-state index in [1.165, 1.54) is 23.0 Å². The zero-order valence-corrected chi connectivity index (χ0v) is 9.80. The Morgan fingerprint density at radius 2 is 1.53 bits per heavy atom. The minimum absolute atomic E-state index is 0.590. The van der Waals surface area contributed by atoms with Crippen molar-refractivity contribution in [3.05, 3.63) is 84.1 Å². The molecular formula is C16H16O. The standard InChI is InChI=1S/C16H16O/c1-2-17-13-16-11-7-6-10-15(16)12-14-8-4-3-5-9-14/h2-11H,1,12-13H2. The minimum atomic E-state index is 0.590. The Morgan fingerprint density at radius 1 is 0.882 bits per heavy atom. The summed E-state index contributed by atoms with van der Waals surface area (Å²) in [5, 5.41) is 0. The van der Waals surface area contributed by atoms with Crippen molar-refractivity contribution < 1.29 is 4.74 Å². The van der Waals surface area contributed by atoms with E-state index in [9.17, 15) is 0 Å². The van der Waals surface area contributed by atoms with Gasteiger partial charge in [0.05, 0.1) is 6.26 Å². The van der Waals surface area contributed by atoms with Crippen molar-refractivity contribution in [2.24, 2.45) is 0 Å². The summed E-state index contributed by atoms with van der Waals surface area (Å²) in [6.45, 7) is 4.16. The second kappa shape index (κ2) is 5.90. The highest BCUT2D eigenvalue weighted by molar-refractivity contribution is 5.32. The Balaban J connectivity index is 2.17. The molecule has 0 aliphatic rings. The summed E-state index contributed by atoms with van der Waals surface area (Å²) >= 11 is 0. The molecule has 0 aliphatic heterocycles. The molecule has 0 fully saturated rings. The first kappa shape index (κ1) is 11.5. The van der Waals surface area contributed by atoms with Crippen molar-refractivity contribution in [3.63, 3.8) is 0 Å². The first-order valence-corrected chi connectivity index (χ1v) is 5.73. The van der Waals surface area contributed by atoms with Crippen molar-refractivity contribution in [3.8, 4) is 0 Å². The molecule has 0 heterocycles. The molecule has 0 saturated heterocycles. The maximum absolute atomic E-state index is 5.26. The Kier molecular flexibility index (Phi) is 3.98. The van der Waals surface area contributed by atoms with E-state index in [2.05, 4.69) is 49.0 Å². The molecule has 0 spiro atoms. The van der Waals surface area contributed by atoms with E-state index in [0.29, 0.717) is 6.61 Å². The molecule has 17 heavy (non-hydrogen) atoms. The molecule has 2 rings (SSSR count). The van der Waals surface area contributed by atoms with Crippen molar-refractivity contribution in [2.45, 2.75) is 13.0 Å². The highest BCUT2D eigenvalue weighted by atomic mass is 16.5. The highest BCUT2D eigenvalue weighted by Gasteiger charge is 2.02. The van der Waals surface area contributed by atoms with Gasteiger partial charge in [-0.1, -0.05) is 61.2 Å². The number of rotatable bonds is 5. The largest absolute Gasteiger partial charge is 0.497 e. The first-order valence-electron chi connectivity index (χ1n) is 5.73. The van der Waals surface area contributed by atoms with Gasteiger partial charge in [0.15, 0.2) is 0 Å². The quantitative estimate of drug-likeness (QED) is 0.699. The fourth-order valence-electron chi connectivity index (χ4n) is 1.84. The molecule has 1 nitrogen and oxygen atoms in total. The third kappa shape index (κ3) is 3.22. The summed E-state index contributed by atoms with van der Waals surface area (Å²) in [7, 11) is 0. The summed E-state index contributed by atoms with van der Waals surface area (Å²) < 4.78 is 5.26. The van der Waals surface area contributed by atoms with E-state index in [0.717, 1.165) is 6.42 Å². The topological polar surface area (TPSA) is 9.23 Å². The van der Waals surface area contributed by atoms with Crippen LogP contribution >= 0.6 is 0 Å². The highest BCUT2D eigenvalue weighted by Crippen LogP contribution is 2.15. The van der Waals surface area contributed by atoms with Gasteiger partial charge in [-0.2, -0.15) is 0 Å². The lowest BCUT2D eigenvalue weighted by molar-refractivity contribution is 0.237. The number of hydrogen-bond donors (Lipinski definition) is 0. The van der Waals surface area contributed by atoms with Gasteiger partial charge in [0, 0.05) is 0 Å². The van der Waals surface area contributed by atoms with Crippen LogP contribution in [0.2, 0.25) is 0 Å². The molecule has 0 aromatic heterocycles. The lowest BCUT2D eigenvalue weighted by Gasteiger charge is -2.09. The van der Waals surface area contributed by atoms with Gasteiger partial charge < -0.3 is 4.74 Å². The zero-order chi connectivity index (χ0) is 11.9. The molecule has 0 unspecified atom stereocenters. The van der Waals surface area contributed by atoms with Crippen LogP contribution in [0.5, 0.6) is 0 Å². The minimum Gasteiger partial charge on any atom is -0.497 e. The van der Waals surface area contributed by atoms with Gasteiger partial charge >= 0.3 is 0 Å². The lowest BCUT2D eigenvalue weighted by Crippen LogP contribution is -1.96. The van der Waals surface area contributed by atoms with Crippen LogP contribution in [0, 0.1) is 0 Å². The van der Waals surface area contributed by atoms with Crippen LogP contribution in [0.1, 0.15) is 16.7 Å². The predicted molar refractivity (Wildman–Crippen MR) is 70.7 cm³/mol. The molecule has 2 aromatic carbocycles. The molecule has 2 aromatic rings. The Hall–Kier alpha value is -2.02. The molecule has 0 N–H and O–H groups in total. The molecule has 0 atom stereocenters. The lowest BCUT2D eigenvalue weighted by atomic mass is 10.0. The van der Waals surface area contributed by atoms with E-state index >= 15 is 0 Å². The Labute approximate surface area is 102 Å². The number of hydrogen-bond acceptors (Lipinski definition) is 1. The van der Waals surface area contributed by atoms with Gasteiger partial charge in [-0.3, -0.25) is 0 Å². The summed E-state index contributed by atoms with van der Waals surface area (Å²) in [4.78, 5) is 0. The third-order valence-electron chi connectivity index (χ3n) is 2.71. The molecule has 0 saturated carbocycles. The molecule has 1 heteroatoms. The maximum Gasteiger partial charge on any atom is 0.113 e. The second-order valence-electron chi connectivity index (χ2n) is 3.91. The average molecular weight is 224 g/mol. The van der Waals surface area contributed by atoms with Gasteiger partial charge in [0.2, 0.25) is 0 Å². The average Bonchev–Trinajstić information content (AvgIpc) is 2.39. The first-order chi connectivity index (χ1) is 8.40. The molecule has 0 aliphatic carbocycles. The second-order valence-corrected chi connectivity index (χ2v) is 3.91. The summed E-state index contributed by atoms with van der Waals surface area (Å²) in [5.74, 6) is 0. The number of ether oxygens (including phenoxy) is 1. The molecule has 0 bridgehead atoms. The van der Waals surface area contributed by atoms with Crippen molar-refractivity contribution in [2.75, 3.05) is 0 Å². The van der Waals surface area contributed by atoms with Crippen molar-refractivity contribution in [1.82, 2.24) is 0 Å². The van der Waals surface area contributed by atoms with Crippen LogP contribution in [0.15, 0.2) is 67.4 Å². The Bertz CT molecular complexity index is 474. The van der Waals surface area contributed by atoms with Gasteiger partial charge in [-0.05, 0) is 23.1 Å². The smallest absolute Gasteiger partial charge is 0.113 e. The number of benzene rings is 2. The van der Waals surface area contributed by atoms with Crippen LogP contribution in [0.25, 0.3) is 0 Å². The van der Waals surface area contributed by atoms with Gasteiger partial charge in [-0.25, -0.2) is 0 Å². The van der Waals surface area contributed by atoms with Crippen LogP contribution in [-0.2, 0) is 17.8 Å². The monoisotopic (exact) mass is 224 g/mol. The fourth-order valence-corrected chi connectivity index (χ4v) is 1.84. The normalized spacial score (nSPS) is 9.88. The van der Waals surface area contributed by atoms with Crippen molar-refractivity contribution in [1.29, 1.82) is 0 Å². The fraction of sp³-hybridized carbons (Fsp3) is 0.125. The van der Waals surface area contributed by atoms with Crippen molar-refractivity contribution >= 4 is 0 Å². The van der Waals surface area contributed by atoms with Crippen LogP contribution < -0.4 is 0 Å². The van der Waals surface area contributed by atoms with Gasteiger partial charge in [0.25, 0.3) is 0 Å². The zero-order valence-electron chi connectivity index (χ0n) is 9.80. The van der Waals surface area contributed by atoms with E-state index in [-0.39, 0.29) is 0 Å². The Morgan fingerprint density at radius 3 is 2.24 bits per heavy atom. The summed E-state index contributed by atoms with van der Waals surface area (Å²) in [6.07, 6.45) is 2.43. The van der Waals surface area contributed by atoms with Gasteiger partial charge in [-0.15, -0.1) is 0 Å². The maximum atomic E-state index is 5.26. The molecule has 0 amide bonds. The third-order valence-corrected chi connectivity index (χ3v) is 2.71. The molecular weight excluding hydrogens is 208 g/mol. The summed E-state index contributed by atoms with van der Waals surface area (Å²) in [5.41, 5.74) is 3.84. The SMILES string of the molecule is C=COCc1ccccc1Cc1ccccc1. The molecule has 86 valence electrons. The van der Waals surface area contributed by atoms with Gasteiger partial charge in [0.1, 0.15) is 6.61 Å². The predicted octanol–water partition coefficient (Wildman–Crippen LogP) is 3.94. The van der Waals surface area contributed by atoms with Crippen LogP contribution in [0.4, 0.5) is 0 Å². The van der Waals surface area contributed by atoms with Crippen LogP contribution in [-0.4, -0.2) is 0 Å². The van der Waals surface area contributed by atoms with E-state index in [1.54, 1.807) is 0 Å². The van der Waals surface area contributed by atoms with E-state index in [4.69, 9.17) is 4.74 Å².